The fourth-order valence-corrected chi connectivity index (χ4v) is 3.02. The van der Waals surface area contributed by atoms with Crippen LogP contribution in [-0.2, 0) is 28.8 Å². The summed E-state index contributed by atoms with van der Waals surface area (Å²) in [5.74, 6) is 0.260. The average Bonchev–Trinajstić information content (AvgIpc) is 3.06. The minimum Gasteiger partial charge on any atom is -0.465 e. The van der Waals surface area contributed by atoms with Gasteiger partial charge in [-0.3, -0.25) is 9.69 Å². The van der Waals surface area contributed by atoms with Crippen molar-refractivity contribution >= 4 is 5.97 Å². The molecule has 4 nitrogen and oxygen atoms in total. The number of aromatic nitrogens is 1. The molecule has 0 saturated heterocycles. The van der Waals surface area contributed by atoms with Crippen molar-refractivity contribution in [2.45, 2.75) is 46.5 Å². The van der Waals surface area contributed by atoms with Gasteiger partial charge in [0.05, 0.1) is 18.7 Å². The highest BCUT2D eigenvalue weighted by molar-refractivity contribution is 5.71. The highest BCUT2D eigenvalue weighted by atomic mass is 19.4. The molecular weight excluding hydrogens is 381 g/mol. The zero-order chi connectivity index (χ0) is 21.4. The van der Waals surface area contributed by atoms with Crippen LogP contribution in [0.4, 0.5) is 13.2 Å². The Morgan fingerprint density at radius 2 is 1.86 bits per heavy atom. The second-order valence-corrected chi connectivity index (χ2v) is 7.52. The topological polar surface area (TPSA) is 34.5 Å². The molecule has 0 radical (unpaired) electrons. The lowest BCUT2D eigenvalue weighted by atomic mass is 10.1. The highest BCUT2D eigenvalue weighted by Crippen LogP contribution is 2.29. The zero-order valence-electron chi connectivity index (χ0n) is 17.2. The zero-order valence-corrected chi connectivity index (χ0v) is 17.2. The minimum atomic E-state index is -4.33. The number of hydrogen-bond acceptors (Lipinski definition) is 3. The van der Waals surface area contributed by atoms with E-state index in [0.717, 1.165) is 36.4 Å². The largest absolute Gasteiger partial charge is 0.465 e. The molecule has 160 valence electrons. The molecule has 0 aliphatic carbocycles. The van der Waals surface area contributed by atoms with E-state index in [9.17, 15) is 18.0 Å². The van der Waals surface area contributed by atoms with Gasteiger partial charge in [0.1, 0.15) is 0 Å². The smallest absolute Gasteiger partial charge is 0.416 e. The second-order valence-electron chi connectivity index (χ2n) is 7.52. The van der Waals surface area contributed by atoms with Gasteiger partial charge in [0.15, 0.2) is 0 Å². The summed E-state index contributed by atoms with van der Waals surface area (Å²) in [6.45, 7) is 8.42. The number of benzene rings is 1. The van der Waals surface area contributed by atoms with Gasteiger partial charge in [-0.15, -0.1) is 0 Å². The van der Waals surface area contributed by atoms with E-state index in [1.807, 2.05) is 22.9 Å². The third kappa shape index (κ3) is 7.57. The molecule has 2 rings (SSSR count). The molecule has 0 aliphatic heterocycles. The van der Waals surface area contributed by atoms with Crippen LogP contribution in [0, 0.1) is 5.92 Å². The Balaban J connectivity index is 2.08. The van der Waals surface area contributed by atoms with E-state index in [4.69, 9.17) is 4.74 Å². The molecule has 0 spiro atoms. The number of ether oxygens (including phenoxy) is 1. The summed E-state index contributed by atoms with van der Waals surface area (Å²) in [5.41, 5.74) is 1.14. The SMILES string of the molecule is CCOC(=O)CN(CCC(C)C)Cc1cccn1Cc1ccc(C(F)(F)F)cc1. The summed E-state index contributed by atoms with van der Waals surface area (Å²) in [6.07, 6.45) is -1.47. The van der Waals surface area contributed by atoms with E-state index < -0.39 is 11.7 Å². The summed E-state index contributed by atoms with van der Waals surface area (Å²) in [4.78, 5) is 14.0. The van der Waals surface area contributed by atoms with Gasteiger partial charge in [-0.2, -0.15) is 13.2 Å². The Bertz CT molecular complexity index is 767. The molecule has 0 bridgehead atoms. The van der Waals surface area contributed by atoms with Crippen LogP contribution in [0.3, 0.4) is 0 Å². The molecule has 1 aromatic heterocycles. The Hall–Kier alpha value is -2.28. The van der Waals surface area contributed by atoms with E-state index in [0.29, 0.717) is 25.6 Å². The van der Waals surface area contributed by atoms with Crippen molar-refractivity contribution in [1.82, 2.24) is 9.47 Å². The first kappa shape index (κ1) is 23.0. The van der Waals surface area contributed by atoms with Crippen molar-refractivity contribution in [3.05, 3.63) is 59.4 Å². The number of rotatable bonds is 10. The van der Waals surface area contributed by atoms with Gasteiger partial charge in [0.2, 0.25) is 0 Å². The Morgan fingerprint density at radius 1 is 1.17 bits per heavy atom. The summed E-state index contributed by atoms with van der Waals surface area (Å²) >= 11 is 0. The lowest BCUT2D eigenvalue weighted by Gasteiger charge is -2.23. The molecule has 1 heterocycles. The predicted molar refractivity (Wildman–Crippen MR) is 106 cm³/mol. The lowest BCUT2D eigenvalue weighted by molar-refractivity contribution is -0.144. The first-order chi connectivity index (χ1) is 13.7. The van der Waals surface area contributed by atoms with Gasteiger partial charge >= 0.3 is 12.1 Å². The Morgan fingerprint density at radius 3 is 2.45 bits per heavy atom. The average molecular weight is 410 g/mol. The number of esters is 1. The van der Waals surface area contributed by atoms with Crippen molar-refractivity contribution < 1.29 is 22.7 Å². The Kier molecular flexibility index (Phi) is 8.32. The van der Waals surface area contributed by atoms with Crippen LogP contribution in [-0.4, -0.2) is 35.1 Å². The maximum absolute atomic E-state index is 12.7. The maximum Gasteiger partial charge on any atom is 0.416 e. The van der Waals surface area contributed by atoms with Crippen LogP contribution in [0.25, 0.3) is 0 Å². The van der Waals surface area contributed by atoms with Crippen molar-refractivity contribution in [3.63, 3.8) is 0 Å². The summed E-state index contributed by atoms with van der Waals surface area (Å²) in [6, 6.07) is 9.09. The van der Waals surface area contributed by atoms with Crippen LogP contribution >= 0.6 is 0 Å². The minimum absolute atomic E-state index is 0.214. The molecule has 7 heteroatoms. The van der Waals surface area contributed by atoms with Gasteiger partial charge < -0.3 is 9.30 Å². The van der Waals surface area contributed by atoms with Crippen LogP contribution in [0.15, 0.2) is 42.6 Å². The van der Waals surface area contributed by atoms with E-state index in [-0.39, 0.29) is 12.5 Å². The molecule has 0 saturated carbocycles. The number of nitrogens with zero attached hydrogens (tertiary/aromatic N) is 2. The third-order valence-electron chi connectivity index (χ3n) is 4.62. The number of halogens is 3. The predicted octanol–water partition coefficient (Wildman–Crippen LogP) is 4.97. The fourth-order valence-electron chi connectivity index (χ4n) is 3.02. The van der Waals surface area contributed by atoms with Crippen LogP contribution in [0.1, 0.15) is 44.0 Å². The standard InChI is InChI=1S/C22H29F3N2O2/c1-4-29-21(28)16-26(13-11-17(2)3)15-20-6-5-12-27(20)14-18-7-9-19(10-8-18)22(23,24)25/h5-10,12,17H,4,11,13-16H2,1-3H3. The Labute approximate surface area is 170 Å². The second kappa shape index (κ2) is 10.5. The lowest BCUT2D eigenvalue weighted by Crippen LogP contribution is -2.33. The van der Waals surface area contributed by atoms with Crippen molar-refractivity contribution in [3.8, 4) is 0 Å². The quantitative estimate of drug-likeness (QED) is 0.519. The molecule has 0 atom stereocenters. The summed E-state index contributed by atoms with van der Waals surface area (Å²) in [5, 5.41) is 0. The fraction of sp³-hybridized carbons (Fsp3) is 0.500. The summed E-state index contributed by atoms with van der Waals surface area (Å²) < 4.78 is 45.3. The van der Waals surface area contributed by atoms with E-state index in [1.165, 1.54) is 12.1 Å². The monoisotopic (exact) mass is 410 g/mol. The van der Waals surface area contributed by atoms with Gasteiger partial charge in [-0.25, -0.2) is 0 Å². The number of hydrogen-bond donors (Lipinski definition) is 0. The van der Waals surface area contributed by atoms with Crippen molar-refractivity contribution in [1.29, 1.82) is 0 Å². The number of carbonyl (C=O) groups is 1. The van der Waals surface area contributed by atoms with E-state index >= 15 is 0 Å². The van der Waals surface area contributed by atoms with Crippen LogP contribution in [0.5, 0.6) is 0 Å². The first-order valence-electron chi connectivity index (χ1n) is 9.87. The molecule has 0 N–H and O–H groups in total. The van der Waals surface area contributed by atoms with Gasteiger partial charge in [-0.05, 0) is 55.6 Å². The molecule has 0 amide bonds. The van der Waals surface area contributed by atoms with Gasteiger partial charge in [0.25, 0.3) is 0 Å². The van der Waals surface area contributed by atoms with Crippen LogP contribution in [0.2, 0.25) is 0 Å². The molecule has 2 aromatic rings. The number of alkyl halides is 3. The van der Waals surface area contributed by atoms with Gasteiger partial charge in [0, 0.05) is 25.0 Å². The third-order valence-corrected chi connectivity index (χ3v) is 4.62. The normalized spacial score (nSPS) is 12.0. The van der Waals surface area contributed by atoms with Crippen LogP contribution < -0.4 is 0 Å². The molecule has 0 fully saturated rings. The van der Waals surface area contributed by atoms with Crippen molar-refractivity contribution in [2.75, 3.05) is 19.7 Å². The van der Waals surface area contributed by atoms with Crippen molar-refractivity contribution in [2.24, 2.45) is 5.92 Å². The highest BCUT2D eigenvalue weighted by Gasteiger charge is 2.29. The molecule has 29 heavy (non-hydrogen) atoms. The maximum atomic E-state index is 12.7. The first-order valence-corrected chi connectivity index (χ1v) is 9.87. The number of carbonyl (C=O) groups excluding carboxylic acids is 1. The summed E-state index contributed by atoms with van der Waals surface area (Å²) in [7, 11) is 0. The molecule has 0 unspecified atom stereocenters. The molecule has 1 aromatic carbocycles. The molecule has 0 aliphatic rings. The van der Waals surface area contributed by atoms with E-state index in [1.54, 1.807) is 6.92 Å². The van der Waals surface area contributed by atoms with E-state index in [2.05, 4.69) is 18.7 Å². The molecular formula is C22H29F3N2O2. The van der Waals surface area contributed by atoms with Gasteiger partial charge in [-0.1, -0.05) is 26.0 Å².